The molecule has 168 valence electrons. The topological polar surface area (TPSA) is 71.1 Å². The Labute approximate surface area is 192 Å². The highest BCUT2D eigenvalue weighted by atomic mass is 16.5. The zero-order chi connectivity index (χ0) is 23.2. The van der Waals surface area contributed by atoms with Crippen LogP contribution in [0.4, 0.5) is 0 Å². The maximum absolute atomic E-state index is 12.7. The van der Waals surface area contributed by atoms with Gasteiger partial charge in [0, 0.05) is 11.6 Å². The highest BCUT2D eigenvalue weighted by molar-refractivity contribution is 5.87. The number of ether oxygens (including phenoxy) is 4. The average Bonchev–Trinajstić information content (AvgIpc) is 3.25. The van der Waals surface area contributed by atoms with Crippen LogP contribution in [0.3, 0.4) is 0 Å². The highest BCUT2D eigenvalue weighted by Gasteiger charge is 2.41. The van der Waals surface area contributed by atoms with Crippen molar-refractivity contribution in [3.8, 4) is 11.5 Å². The van der Waals surface area contributed by atoms with E-state index in [1.807, 2.05) is 66.7 Å². The third-order valence-electron chi connectivity index (χ3n) is 5.45. The van der Waals surface area contributed by atoms with Crippen molar-refractivity contribution in [3.63, 3.8) is 0 Å². The normalized spacial score (nSPS) is 16.7. The van der Waals surface area contributed by atoms with E-state index in [-0.39, 0.29) is 0 Å². The number of carbonyl (C=O) groups excluding carboxylic acids is 2. The molecule has 2 atom stereocenters. The Morgan fingerprint density at radius 1 is 0.939 bits per heavy atom. The van der Waals surface area contributed by atoms with Gasteiger partial charge in [-0.25, -0.2) is 4.79 Å². The molecule has 0 saturated heterocycles. The van der Waals surface area contributed by atoms with Crippen LogP contribution in [0.25, 0.3) is 6.08 Å². The number of hydrogen-bond donors (Lipinski definition) is 0. The van der Waals surface area contributed by atoms with Gasteiger partial charge in [0.05, 0.1) is 14.2 Å². The summed E-state index contributed by atoms with van der Waals surface area (Å²) in [6, 6.07) is 22.9. The van der Waals surface area contributed by atoms with E-state index in [0.29, 0.717) is 17.9 Å². The summed E-state index contributed by atoms with van der Waals surface area (Å²) in [6.45, 7) is 0.470. The first-order valence-corrected chi connectivity index (χ1v) is 10.5. The van der Waals surface area contributed by atoms with Crippen molar-refractivity contribution in [2.24, 2.45) is 0 Å². The number of hydrogen-bond acceptors (Lipinski definition) is 6. The van der Waals surface area contributed by atoms with Crippen LogP contribution in [0.5, 0.6) is 11.5 Å². The van der Waals surface area contributed by atoms with Gasteiger partial charge in [-0.15, -0.1) is 0 Å². The molecule has 4 rings (SSSR count). The van der Waals surface area contributed by atoms with E-state index in [2.05, 4.69) is 4.74 Å². The molecule has 0 N–H and O–H groups in total. The molecule has 0 amide bonds. The molecule has 33 heavy (non-hydrogen) atoms. The van der Waals surface area contributed by atoms with Crippen molar-refractivity contribution in [2.75, 3.05) is 14.2 Å². The molecule has 0 spiro atoms. The van der Waals surface area contributed by atoms with Crippen LogP contribution in [0.15, 0.2) is 78.9 Å². The predicted octanol–water partition coefficient (Wildman–Crippen LogP) is 4.84. The molecule has 0 unspecified atom stereocenters. The fourth-order valence-corrected chi connectivity index (χ4v) is 3.75. The molecular weight excluding hydrogens is 420 g/mol. The molecule has 0 bridgehead atoms. The number of carbonyl (C=O) groups is 2. The smallest absolute Gasteiger partial charge is 0.330 e. The SMILES string of the molecule is COC(=O)/C=C/c1ccc2c(c1)[C@H](C(=O)OC)[C@H](c1ccc(OCc3ccccc3)cc1)O2. The minimum absolute atomic E-state index is 0.391. The number of esters is 2. The summed E-state index contributed by atoms with van der Waals surface area (Å²) in [7, 11) is 2.68. The van der Waals surface area contributed by atoms with E-state index in [0.717, 1.165) is 22.4 Å². The molecule has 0 fully saturated rings. The summed E-state index contributed by atoms with van der Waals surface area (Å²) in [6.07, 6.45) is 2.43. The summed E-state index contributed by atoms with van der Waals surface area (Å²) in [4.78, 5) is 24.1. The van der Waals surface area contributed by atoms with Gasteiger partial charge in [-0.05, 0) is 47.0 Å². The minimum atomic E-state index is -0.632. The zero-order valence-electron chi connectivity index (χ0n) is 18.4. The molecule has 1 heterocycles. The molecule has 0 radical (unpaired) electrons. The lowest BCUT2D eigenvalue weighted by atomic mass is 9.90. The quantitative estimate of drug-likeness (QED) is 0.384. The molecule has 6 nitrogen and oxygen atoms in total. The summed E-state index contributed by atoms with van der Waals surface area (Å²) in [5.41, 5.74) is 3.38. The Balaban J connectivity index is 1.54. The van der Waals surface area contributed by atoms with Gasteiger partial charge in [0.1, 0.15) is 30.1 Å². The fraction of sp³-hybridized carbons (Fsp3) is 0.185. The molecule has 3 aromatic carbocycles. The highest BCUT2D eigenvalue weighted by Crippen LogP contribution is 2.47. The first-order chi connectivity index (χ1) is 16.1. The largest absolute Gasteiger partial charge is 0.489 e. The lowest BCUT2D eigenvalue weighted by Gasteiger charge is -2.18. The Kier molecular flexibility index (Phi) is 6.74. The molecule has 0 aromatic heterocycles. The third-order valence-corrected chi connectivity index (χ3v) is 5.45. The first kappa shape index (κ1) is 22.1. The first-order valence-electron chi connectivity index (χ1n) is 10.5. The average molecular weight is 444 g/mol. The second-order valence-electron chi connectivity index (χ2n) is 7.54. The standard InChI is InChI=1S/C27H24O6/c1-30-24(28)15-9-18-8-14-23-22(16-18)25(27(29)31-2)26(33-23)20-10-12-21(13-11-20)32-17-19-6-4-3-5-7-19/h3-16,25-26H,17H2,1-2H3/b15-9+/t25-,26-/m0/s1. The van der Waals surface area contributed by atoms with Gasteiger partial charge < -0.3 is 18.9 Å². The molecule has 1 aliphatic rings. The Morgan fingerprint density at radius 2 is 1.70 bits per heavy atom. The van der Waals surface area contributed by atoms with E-state index in [9.17, 15) is 9.59 Å². The van der Waals surface area contributed by atoms with Gasteiger partial charge >= 0.3 is 11.9 Å². The number of benzene rings is 3. The van der Waals surface area contributed by atoms with Gasteiger partial charge in [-0.2, -0.15) is 0 Å². The third kappa shape index (κ3) is 5.06. The van der Waals surface area contributed by atoms with Crippen LogP contribution in [-0.4, -0.2) is 26.2 Å². The van der Waals surface area contributed by atoms with Crippen LogP contribution in [-0.2, 0) is 25.7 Å². The molecule has 0 aliphatic carbocycles. The van der Waals surface area contributed by atoms with Crippen molar-refractivity contribution < 1.29 is 28.5 Å². The number of rotatable bonds is 7. The summed E-state index contributed by atoms with van der Waals surface area (Å²) in [5.74, 6) is -0.147. The Bertz CT molecular complexity index is 1150. The van der Waals surface area contributed by atoms with Gasteiger partial charge in [0.25, 0.3) is 0 Å². The maximum atomic E-state index is 12.7. The molecule has 0 saturated carbocycles. The number of methoxy groups -OCH3 is 2. The molecule has 6 heteroatoms. The number of fused-ring (bicyclic) bond motifs is 1. The van der Waals surface area contributed by atoms with E-state index >= 15 is 0 Å². The van der Waals surface area contributed by atoms with Crippen LogP contribution in [0.2, 0.25) is 0 Å². The monoisotopic (exact) mass is 444 g/mol. The maximum Gasteiger partial charge on any atom is 0.330 e. The van der Waals surface area contributed by atoms with Crippen molar-refractivity contribution in [3.05, 3.63) is 101 Å². The van der Waals surface area contributed by atoms with Gasteiger partial charge in [0.15, 0.2) is 0 Å². The van der Waals surface area contributed by atoms with Crippen LogP contribution in [0.1, 0.15) is 34.3 Å². The second-order valence-corrected chi connectivity index (χ2v) is 7.54. The van der Waals surface area contributed by atoms with Gasteiger partial charge in [-0.1, -0.05) is 48.5 Å². The lowest BCUT2D eigenvalue weighted by molar-refractivity contribution is -0.144. The van der Waals surface area contributed by atoms with Gasteiger partial charge in [-0.3, -0.25) is 4.79 Å². The van der Waals surface area contributed by atoms with E-state index in [1.54, 1.807) is 12.1 Å². The fourth-order valence-electron chi connectivity index (χ4n) is 3.75. The van der Waals surface area contributed by atoms with Crippen molar-refractivity contribution in [1.82, 2.24) is 0 Å². The summed E-state index contributed by atoms with van der Waals surface area (Å²) < 4.78 is 21.7. The second kappa shape index (κ2) is 10.0. The molecule has 1 aliphatic heterocycles. The van der Waals surface area contributed by atoms with Crippen molar-refractivity contribution in [2.45, 2.75) is 18.6 Å². The Morgan fingerprint density at radius 3 is 2.39 bits per heavy atom. The van der Waals surface area contributed by atoms with E-state index < -0.39 is 24.0 Å². The zero-order valence-corrected chi connectivity index (χ0v) is 18.4. The van der Waals surface area contributed by atoms with Crippen LogP contribution in [0, 0.1) is 0 Å². The molecule has 3 aromatic rings. The van der Waals surface area contributed by atoms with Crippen LogP contribution < -0.4 is 9.47 Å². The summed E-state index contributed by atoms with van der Waals surface area (Å²) in [5, 5.41) is 0. The lowest BCUT2D eigenvalue weighted by Crippen LogP contribution is -2.20. The minimum Gasteiger partial charge on any atom is -0.489 e. The van der Waals surface area contributed by atoms with E-state index in [4.69, 9.17) is 14.2 Å². The Hall–Kier alpha value is -4.06. The van der Waals surface area contributed by atoms with E-state index in [1.165, 1.54) is 20.3 Å². The van der Waals surface area contributed by atoms with Crippen LogP contribution >= 0.6 is 0 Å². The van der Waals surface area contributed by atoms with Gasteiger partial charge in [0.2, 0.25) is 0 Å². The van der Waals surface area contributed by atoms with Crippen molar-refractivity contribution in [1.29, 1.82) is 0 Å². The summed E-state index contributed by atoms with van der Waals surface area (Å²) >= 11 is 0. The van der Waals surface area contributed by atoms with Crippen molar-refractivity contribution >= 4 is 18.0 Å². The predicted molar refractivity (Wildman–Crippen MR) is 123 cm³/mol. The molecular formula is C27H24O6.